The highest BCUT2D eigenvalue weighted by atomic mass is 32.2. The van der Waals surface area contributed by atoms with Gasteiger partial charge in [-0.1, -0.05) is 17.8 Å². The minimum atomic E-state index is -3.73. The van der Waals surface area contributed by atoms with Crippen molar-refractivity contribution in [2.24, 2.45) is 0 Å². The lowest BCUT2D eigenvalue weighted by molar-refractivity contribution is -0.286. The van der Waals surface area contributed by atoms with E-state index in [1.54, 1.807) is 0 Å². The Hall–Kier alpha value is -1.38. The van der Waals surface area contributed by atoms with E-state index in [0.717, 1.165) is 11.8 Å². The molecule has 2 atom stereocenters. The van der Waals surface area contributed by atoms with Crippen LogP contribution >= 0.6 is 11.8 Å². The van der Waals surface area contributed by atoms with E-state index < -0.39 is 18.5 Å². The fourth-order valence-corrected chi connectivity index (χ4v) is 2.25. The second kappa shape index (κ2) is 5.55. The molecule has 2 N–H and O–H groups in total. The van der Waals surface area contributed by atoms with Crippen molar-refractivity contribution >= 4 is 16.9 Å². The summed E-state index contributed by atoms with van der Waals surface area (Å²) in [6, 6.07) is 3.73. The molecule has 0 saturated heterocycles. The van der Waals surface area contributed by atoms with Crippen molar-refractivity contribution in [3.05, 3.63) is 23.8 Å². The van der Waals surface area contributed by atoms with Gasteiger partial charge in [-0.15, -0.1) is 8.78 Å². The summed E-state index contributed by atoms with van der Waals surface area (Å²) in [6.45, 7) is 1.34. The zero-order chi connectivity index (χ0) is 14.9. The summed E-state index contributed by atoms with van der Waals surface area (Å²) in [7, 11) is 0. The third-order valence-corrected chi connectivity index (χ3v) is 3.50. The average molecular weight is 306 g/mol. The Morgan fingerprint density at radius 2 is 2.00 bits per heavy atom. The van der Waals surface area contributed by atoms with Gasteiger partial charge in [-0.05, 0) is 17.7 Å². The number of halogens is 2. The minimum Gasteiger partial charge on any atom is -0.395 e. The van der Waals surface area contributed by atoms with Crippen LogP contribution in [0.4, 0.5) is 8.78 Å². The Balaban J connectivity index is 2.09. The Morgan fingerprint density at radius 1 is 1.35 bits per heavy atom. The molecule has 20 heavy (non-hydrogen) atoms. The molecule has 2 unspecified atom stereocenters. The molecular weight excluding hydrogens is 294 g/mol. The summed E-state index contributed by atoms with van der Waals surface area (Å²) in [5.74, 6) is -0.349. The number of carbonyl (C=O) groups excluding carboxylic acids is 1. The quantitative estimate of drug-likeness (QED) is 0.881. The van der Waals surface area contributed by atoms with Gasteiger partial charge in [-0.25, -0.2) is 0 Å². The summed E-state index contributed by atoms with van der Waals surface area (Å²) < 4.78 is 34.2. The van der Waals surface area contributed by atoms with Gasteiger partial charge in [-0.2, -0.15) is 0 Å². The van der Waals surface area contributed by atoms with Crippen LogP contribution in [0.2, 0.25) is 0 Å². The number of hydrogen-bond acceptors (Lipinski definition) is 6. The number of rotatable bonds is 4. The first-order valence-electron chi connectivity index (χ1n) is 5.68. The molecule has 0 amide bonds. The number of thioether (sulfide) groups is 1. The third kappa shape index (κ3) is 3.38. The number of fused-ring (bicyclic) bond motifs is 1. The molecular formula is C12H12F2O5S. The second-order valence-electron chi connectivity index (χ2n) is 4.19. The summed E-state index contributed by atoms with van der Waals surface area (Å²) >= 11 is 0.863. The number of carbonyl (C=O) groups is 1. The lowest BCUT2D eigenvalue weighted by Crippen LogP contribution is -2.26. The van der Waals surface area contributed by atoms with Gasteiger partial charge in [0.15, 0.2) is 16.6 Å². The van der Waals surface area contributed by atoms with Crippen LogP contribution in [-0.2, 0) is 4.79 Å². The van der Waals surface area contributed by atoms with E-state index in [1.807, 2.05) is 0 Å². The molecule has 1 aliphatic heterocycles. The monoisotopic (exact) mass is 306 g/mol. The van der Waals surface area contributed by atoms with Crippen molar-refractivity contribution in [2.75, 3.05) is 5.75 Å². The van der Waals surface area contributed by atoms with E-state index >= 15 is 0 Å². The maximum Gasteiger partial charge on any atom is 0.586 e. The van der Waals surface area contributed by atoms with Crippen molar-refractivity contribution in [3.63, 3.8) is 0 Å². The molecule has 1 aliphatic rings. The van der Waals surface area contributed by atoms with Crippen molar-refractivity contribution in [1.29, 1.82) is 0 Å². The molecule has 0 fully saturated rings. The van der Waals surface area contributed by atoms with Gasteiger partial charge in [0.1, 0.15) is 6.10 Å². The topological polar surface area (TPSA) is 76.0 Å². The van der Waals surface area contributed by atoms with E-state index in [2.05, 4.69) is 9.47 Å². The number of aliphatic hydroxyl groups excluding tert-OH is 2. The minimum absolute atomic E-state index is 0.00109. The summed E-state index contributed by atoms with van der Waals surface area (Å²) in [5, 5.41) is 19.4. The van der Waals surface area contributed by atoms with Crippen LogP contribution in [0.15, 0.2) is 18.2 Å². The van der Waals surface area contributed by atoms with Crippen LogP contribution in [0.1, 0.15) is 18.6 Å². The fraction of sp³-hybridized carbons (Fsp3) is 0.417. The van der Waals surface area contributed by atoms with Crippen molar-refractivity contribution in [1.82, 2.24) is 0 Å². The van der Waals surface area contributed by atoms with E-state index in [1.165, 1.54) is 25.1 Å². The first-order valence-corrected chi connectivity index (χ1v) is 6.66. The van der Waals surface area contributed by atoms with Gasteiger partial charge in [0.2, 0.25) is 0 Å². The molecule has 2 rings (SSSR count). The van der Waals surface area contributed by atoms with Crippen LogP contribution in [0.3, 0.4) is 0 Å². The molecule has 8 heteroatoms. The van der Waals surface area contributed by atoms with Crippen molar-refractivity contribution in [2.45, 2.75) is 25.4 Å². The normalized spacial score (nSPS) is 18.6. The number of aliphatic hydroxyl groups is 2. The maximum absolute atomic E-state index is 12.8. The molecule has 0 bridgehead atoms. The number of ether oxygens (including phenoxy) is 2. The van der Waals surface area contributed by atoms with Gasteiger partial charge in [0.25, 0.3) is 0 Å². The van der Waals surface area contributed by atoms with Crippen LogP contribution in [-0.4, -0.2) is 33.5 Å². The van der Waals surface area contributed by atoms with Crippen LogP contribution in [0.5, 0.6) is 11.5 Å². The van der Waals surface area contributed by atoms with E-state index in [0.29, 0.717) is 0 Å². The Morgan fingerprint density at radius 3 is 2.65 bits per heavy atom. The first kappa shape index (κ1) is 15.0. The molecule has 1 aromatic rings. The molecule has 1 heterocycles. The van der Waals surface area contributed by atoms with Crippen LogP contribution in [0.25, 0.3) is 0 Å². The SMILES string of the molecule is CC(=O)SCC(O)C(O)c1ccc2c(c1)OC(F)(F)O2. The summed E-state index contributed by atoms with van der Waals surface area (Å²) in [6.07, 6.45) is -6.25. The van der Waals surface area contributed by atoms with E-state index in [9.17, 15) is 23.8 Å². The Labute approximate surface area is 117 Å². The summed E-state index contributed by atoms with van der Waals surface area (Å²) in [5.41, 5.74) is 0.196. The zero-order valence-electron chi connectivity index (χ0n) is 10.4. The molecule has 110 valence electrons. The Bertz CT molecular complexity index is 523. The lowest BCUT2D eigenvalue weighted by Gasteiger charge is -2.17. The zero-order valence-corrected chi connectivity index (χ0v) is 11.2. The number of benzene rings is 1. The van der Waals surface area contributed by atoms with Gasteiger partial charge in [0.05, 0.1) is 6.10 Å². The maximum atomic E-state index is 12.8. The largest absolute Gasteiger partial charge is 0.586 e. The molecule has 1 aromatic carbocycles. The number of hydrogen-bond donors (Lipinski definition) is 2. The predicted octanol–water partition coefficient (Wildman–Crippen LogP) is 1.68. The van der Waals surface area contributed by atoms with Gasteiger partial charge < -0.3 is 19.7 Å². The van der Waals surface area contributed by atoms with Gasteiger partial charge >= 0.3 is 6.29 Å². The highest BCUT2D eigenvalue weighted by Crippen LogP contribution is 2.42. The molecule has 0 radical (unpaired) electrons. The first-order chi connectivity index (χ1) is 9.28. The van der Waals surface area contributed by atoms with E-state index in [-0.39, 0.29) is 27.9 Å². The van der Waals surface area contributed by atoms with Gasteiger partial charge in [-0.3, -0.25) is 4.79 Å². The molecule has 0 aromatic heterocycles. The predicted molar refractivity (Wildman–Crippen MR) is 66.8 cm³/mol. The smallest absolute Gasteiger partial charge is 0.395 e. The molecule has 0 saturated carbocycles. The van der Waals surface area contributed by atoms with Crippen molar-refractivity contribution < 1.29 is 33.3 Å². The van der Waals surface area contributed by atoms with E-state index in [4.69, 9.17) is 0 Å². The molecule has 0 spiro atoms. The highest BCUT2D eigenvalue weighted by Gasteiger charge is 2.43. The molecule has 5 nitrogen and oxygen atoms in total. The summed E-state index contributed by atoms with van der Waals surface area (Å²) in [4.78, 5) is 10.8. The average Bonchev–Trinajstić information content (AvgIpc) is 2.67. The third-order valence-electron chi connectivity index (χ3n) is 2.59. The van der Waals surface area contributed by atoms with Gasteiger partial charge in [0, 0.05) is 12.7 Å². The standard InChI is InChI=1S/C12H12F2O5S/c1-6(15)20-5-8(16)11(17)7-2-3-9-10(4-7)19-12(13,14)18-9/h2-4,8,11,16-17H,5H2,1H3. The number of alkyl halides is 2. The van der Waals surface area contributed by atoms with Crippen LogP contribution in [0, 0.1) is 0 Å². The highest BCUT2D eigenvalue weighted by molar-refractivity contribution is 8.13. The Kier molecular flexibility index (Phi) is 4.17. The fourth-order valence-electron chi connectivity index (χ4n) is 1.67. The molecule has 0 aliphatic carbocycles. The second-order valence-corrected chi connectivity index (χ2v) is 5.39. The lowest BCUT2D eigenvalue weighted by atomic mass is 10.0. The van der Waals surface area contributed by atoms with Crippen molar-refractivity contribution in [3.8, 4) is 11.5 Å². The van der Waals surface area contributed by atoms with Crippen LogP contribution < -0.4 is 9.47 Å².